The fraction of sp³-hybridized carbons (Fsp3) is 0.333. The molecule has 7 nitrogen and oxygen atoms in total. The second-order valence-electron chi connectivity index (χ2n) is 7.55. The summed E-state index contributed by atoms with van der Waals surface area (Å²) in [5.74, 6) is 1.01. The van der Waals surface area contributed by atoms with Gasteiger partial charge < -0.3 is 19.7 Å². The average Bonchev–Trinajstić information content (AvgIpc) is 3.37. The van der Waals surface area contributed by atoms with Crippen LogP contribution < -0.4 is 19.7 Å². The minimum atomic E-state index is -0.114. The molecule has 1 saturated heterocycles. The van der Waals surface area contributed by atoms with Crippen molar-refractivity contribution in [1.29, 1.82) is 0 Å². The zero-order valence-electron chi connectivity index (χ0n) is 18.2. The number of para-hydroxylation sites is 1. The van der Waals surface area contributed by atoms with Crippen molar-refractivity contribution in [2.75, 3.05) is 51.3 Å². The van der Waals surface area contributed by atoms with Gasteiger partial charge in [0.1, 0.15) is 6.61 Å². The third-order valence-electron chi connectivity index (χ3n) is 5.49. The number of benzene rings is 2. The molecule has 4 rings (SSSR count). The monoisotopic (exact) mass is 452 g/mol. The number of nitrogens with zero attached hydrogens (tertiary/aromatic N) is 3. The van der Waals surface area contributed by atoms with Crippen molar-refractivity contribution in [3.63, 3.8) is 0 Å². The van der Waals surface area contributed by atoms with Crippen LogP contribution in [0.1, 0.15) is 16.1 Å². The van der Waals surface area contributed by atoms with Gasteiger partial charge in [0.25, 0.3) is 5.91 Å². The molecule has 3 aromatic rings. The van der Waals surface area contributed by atoms with Gasteiger partial charge in [-0.15, -0.1) is 11.3 Å². The molecule has 2 heterocycles. The van der Waals surface area contributed by atoms with Crippen LogP contribution in [0.4, 0.5) is 5.69 Å². The lowest BCUT2D eigenvalue weighted by Crippen LogP contribution is -2.48. The Kier molecular flexibility index (Phi) is 7.58. The summed E-state index contributed by atoms with van der Waals surface area (Å²) in [4.78, 5) is 21.6. The Labute approximate surface area is 192 Å². The Morgan fingerprint density at radius 3 is 2.62 bits per heavy atom. The Hall–Kier alpha value is -3.10. The highest BCUT2D eigenvalue weighted by Crippen LogP contribution is 2.29. The molecule has 1 aliphatic rings. The number of piperazine rings is 1. The predicted octanol–water partition coefficient (Wildman–Crippen LogP) is 3.28. The van der Waals surface area contributed by atoms with Crippen molar-refractivity contribution >= 4 is 22.9 Å². The number of anilines is 1. The number of ether oxygens (including phenoxy) is 2. The van der Waals surface area contributed by atoms with Gasteiger partial charge in [0.15, 0.2) is 11.5 Å². The van der Waals surface area contributed by atoms with Crippen LogP contribution in [0.25, 0.3) is 0 Å². The molecular formula is C24H28N4O3S. The number of hydrogen-bond donors (Lipinski definition) is 1. The van der Waals surface area contributed by atoms with Crippen molar-refractivity contribution < 1.29 is 14.3 Å². The summed E-state index contributed by atoms with van der Waals surface area (Å²) in [6, 6.07) is 15.7. The third-order valence-corrected chi connectivity index (χ3v) is 6.13. The first-order chi connectivity index (χ1) is 15.7. The fourth-order valence-corrected chi connectivity index (χ4v) is 4.23. The first-order valence-electron chi connectivity index (χ1n) is 10.7. The lowest BCUT2D eigenvalue weighted by atomic mass is 10.2. The minimum Gasteiger partial charge on any atom is -0.493 e. The highest BCUT2D eigenvalue weighted by atomic mass is 32.1. The lowest BCUT2D eigenvalue weighted by molar-refractivity contribution is 0.0947. The van der Waals surface area contributed by atoms with Gasteiger partial charge in [-0.2, -0.15) is 0 Å². The summed E-state index contributed by atoms with van der Waals surface area (Å²) in [7, 11) is 1.57. The van der Waals surface area contributed by atoms with Gasteiger partial charge in [-0.05, 0) is 30.3 Å². The number of amides is 1. The molecule has 1 N–H and O–H groups in total. The maximum absolute atomic E-state index is 12.6. The number of methoxy groups -OCH3 is 1. The quantitative estimate of drug-likeness (QED) is 0.538. The maximum Gasteiger partial charge on any atom is 0.251 e. The molecule has 8 heteroatoms. The van der Waals surface area contributed by atoms with Gasteiger partial charge in [-0.25, -0.2) is 4.98 Å². The van der Waals surface area contributed by atoms with Gasteiger partial charge >= 0.3 is 0 Å². The molecule has 0 spiro atoms. The van der Waals surface area contributed by atoms with Gasteiger partial charge in [-0.1, -0.05) is 18.2 Å². The summed E-state index contributed by atoms with van der Waals surface area (Å²) < 4.78 is 11.2. The first-order valence-corrected chi connectivity index (χ1v) is 11.7. The summed E-state index contributed by atoms with van der Waals surface area (Å²) in [5, 5.41) is 4.96. The Bertz CT molecular complexity index is 990. The number of rotatable bonds is 9. The second kappa shape index (κ2) is 11.0. The summed E-state index contributed by atoms with van der Waals surface area (Å²) in [5.41, 5.74) is 4.46. The average molecular weight is 453 g/mol. The summed E-state index contributed by atoms with van der Waals surface area (Å²) in [6.45, 7) is 5.78. The largest absolute Gasteiger partial charge is 0.493 e. The van der Waals surface area contributed by atoms with Crippen molar-refractivity contribution in [2.45, 2.75) is 6.61 Å². The van der Waals surface area contributed by atoms with E-state index in [-0.39, 0.29) is 5.91 Å². The van der Waals surface area contributed by atoms with E-state index in [0.717, 1.165) is 38.4 Å². The standard InChI is InChI=1S/C24H28N4O3S/c1-30-23-15-19(7-8-22(23)31-16-20-17-32-18-26-20)24(29)25-9-10-27-11-13-28(14-12-27)21-5-3-2-4-6-21/h2-8,15,17-18H,9-14,16H2,1H3,(H,25,29). The van der Waals surface area contributed by atoms with Crippen LogP contribution >= 0.6 is 11.3 Å². The number of carbonyl (C=O) groups is 1. The number of thiazole rings is 1. The molecule has 0 unspecified atom stereocenters. The highest BCUT2D eigenvalue weighted by Gasteiger charge is 2.17. The molecule has 168 valence electrons. The molecule has 1 aromatic heterocycles. The van der Waals surface area contributed by atoms with E-state index >= 15 is 0 Å². The third kappa shape index (κ3) is 5.77. The Morgan fingerprint density at radius 1 is 1.09 bits per heavy atom. The van der Waals surface area contributed by atoms with E-state index in [9.17, 15) is 4.79 Å². The second-order valence-corrected chi connectivity index (χ2v) is 8.27. The molecule has 2 aromatic carbocycles. The van der Waals surface area contributed by atoms with E-state index in [1.807, 2.05) is 11.4 Å². The van der Waals surface area contributed by atoms with Crippen molar-refractivity contribution in [2.24, 2.45) is 0 Å². The molecule has 1 aliphatic heterocycles. The van der Waals surface area contributed by atoms with E-state index in [1.165, 1.54) is 17.0 Å². The predicted molar refractivity (Wildman–Crippen MR) is 127 cm³/mol. The number of aromatic nitrogens is 1. The zero-order chi connectivity index (χ0) is 22.2. The van der Waals surface area contributed by atoms with Gasteiger partial charge in [0.05, 0.1) is 18.3 Å². The van der Waals surface area contributed by atoms with E-state index < -0.39 is 0 Å². The topological polar surface area (TPSA) is 66.9 Å². The van der Waals surface area contributed by atoms with E-state index in [1.54, 1.807) is 30.8 Å². The van der Waals surface area contributed by atoms with Crippen LogP contribution in [0.5, 0.6) is 11.5 Å². The van der Waals surface area contributed by atoms with E-state index in [0.29, 0.717) is 30.2 Å². The Morgan fingerprint density at radius 2 is 1.91 bits per heavy atom. The number of nitrogens with one attached hydrogen (secondary N) is 1. The highest BCUT2D eigenvalue weighted by molar-refractivity contribution is 7.07. The van der Waals surface area contributed by atoms with Gasteiger partial charge in [0.2, 0.25) is 0 Å². The van der Waals surface area contributed by atoms with Crippen LogP contribution in [-0.4, -0.2) is 62.2 Å². The molecule has 1 fully saturated rings. The smallest absolute Gasteiger partial charge is 0.251 e. The van der Waals surface area contributed by atoms with Crippen LogP contribution in [0, 0.1) is 0 Å². The number of hydrogen-bond acceptors (Lipinski definition) is 7. The van der Waals surface area contributed by atoms with Gasteiger partial charge in [0, 0.05) is 55.9 Å². The van der Waals surface area contributed by atoms with Crippen LogP contribution in [0.3, 0.4) is 0 Å². The fourth-order valence-electron chi connectivity index (χ4n) is 3.69. The molecule has 0 aliphatic carbocycles. The van der Waals surface area contributed by atoms with Crippen molar-refractivity contribution in [3.05, 3.63) is 70.7 Å². The Balaban J connectivity index is 1.22. The van der Waals surface area contributed by atoms with Crippen LogP contribution in [0.15, 0.2) is 59.4 Å². The van der Waals surface area contributed by atoms with E-state index in [4.69, 9.17) is 9.47 Å². The SMILES string of the molecule is COc1cc(C(=O)NCCN2CCN(c3ccccc3)CC2)ccc1OCc1cscn1. The molecule has 0 saturated carbocycles. The normalized spacial score (nSPS) is 14.2. The zero-order valence-corrected chi connectivity index (χ0v) is 19.0. The van der Waals surface area contributed by atoms with Crippen molar-refractivity contribution in [3.8, 4) is 11.5 Å². The number of carbonyl (C=O) groups excluding carboxylic acids is 1. The summed E-state index contributed by atoms with van der Waals surface area (Å²) in [6.07, 6.45) is 0. The van der Waals surface area contributed by atoms with Crippen LogP contribution in [-0.2, 0) is 6.61 Å². The molecule has 0 bridgehead atoms. The molecule has 0 radical (unpaired) electrons. The maximum atomic E-state index is 12.6. The van der Waals surface area contributed by atoms with Crippen molar-refractivity contribution in [1.82, 2.24) is 15.2 Å². The first kappa shape index (κ1) is 22.1. The summed E-state index contributed by atoms with van der Waals surface area (Å²) >= 11 is 1.53. The van der Waals surface area contributed by atoms with Crippen LogP contribution in [0.2, 0.25) is 0 Å². The van der Waals surface area contributed by atoms with E-state index in [2.05, 4.69) is 44.4 Å². The molecule has 1 amide bonds. The molecular weight excluding hydrogens is 424 g/mol. The molecule has 0 atom stereocenters. The minimum absolute atomic E-state index is 0.114. The molecule has 32 heavy (non-hydrogen) atoms. The van der Waals surface area contributed by atoms with Gasteiger partial charge in [-0.3, -0.25) is 9.69 Å². The lowest BCUT2D eigenvalue weighted by Gasteiger charge is -2.36.